The summed E-state index contributed by atoms with van der Waals surface area (Å²) in [6.07, 6.45) is 7.13. The van der Waals surface area contributed by atoms with Gasteiger partial charge in [0.1, 0.15) is 0 Å². The zero-order chi connectivity index (χ0) is 11.8. The Labute approximate surface area is 106 Å². The minimum absolute atomic E-state index is 0.182. The van der Waals surface area contributed by atoms with Gasteiger partial charge in [-0.2, -0.15) is 0 Å². The van der Waals surface area contributed by atoms with Gasteiger partial charge in [-0.25, -0.2) is 0 Å². The van der Waals surface area contributed by atoms with Crippen LogP contribution in [0.1, 0.15) is 36.2 Å². The lowest BCUT2D eigenvalue weighted by Crippen LogP contribution is -2.39. The average molecular weight is 247 g/mol. The Balaban J connectivity index is 1.93. The highest BCUT2D eigenvalue weighted by molar-refractivity contribution is 7.10. The van der Waals surface area contributed by atoms with Gasteiger partial charge >= 0.3 is 0 Å². The first-order valence-electron chi connectivity index (χ1n) is 6.31. The molecule has 1 amide bonds. The third-order valence-electron chi connectivity index (χ3n) is 3.67. The topological polar surface area (TPSA) is 20.3 Å². The van der Waals surface area contributed by atoms with Crippen LogP contribution in [0.3, 0.4) is 0 Å². The summed E-state index contributed by atoms with van der Waals surface area (Å²) in [4.78, 5) is 15.7. The lowest BCUT2D eigenvalue weighted by molar-refractivity contribution is -0.129. The van der Waals surface area contributed by atoms with E-state index in [9.17, 15) is 4.79 Å². The van der Waals surface area contributed by atoms with Crippen LogP contribution in [0, 0.1) is 5.92 Å². The molecule has 3 rings (SSSR count). The zero-order valence-corrected chi connectivity index (χ0v) is 10.9. The first-order chi connectivity index (χ1) is 8.31. The van der Waals surface area contributed by atoms with Crippen molar-refractivity contribution in [2.24, 2.45) is 5.92 Å². The predicted octanol–water partition coefficient (Wildman–Crippen LogP) is 3.16. The van der Waals surface area contributed by atoms with Crippen LogP contribution < -0.4 is 0 Å². The SMILES string of the molecule is CC=CC(=O)N1CCc2sccc2C1C1CC1. The van der Waals surface area contributed by atoms with Crippen molar-refractivity contribution in [1.82, 2.24) is 4.90 Å². The number of rotatable bonds is 2. The van der Waals surface area contributed by atoms with Crippen LogP contribution in [-0.2, 0) is 11.2 Å². The van der Waals surface area contributed by atoms with Crippen molar-refractivity contribution in [2.75, 3.05) is 6.54 Å². The number of fused-ring (bicyclic) bond motifs is 1. The van der Waals surface area contributed by atoms with E-state index in [0.29, 0.717) is 12.0 Å². The highest BCUT2D eigenvalue weighted by Crippen LogP contribution is 2.48. The minimum atomic E-state index is 0.182. The monoisotopic (exact) mass is 247 g/mol. The molecule has 1 aliphatic carbocycles. The van der Waals surface area contributed by atoms with E-state index in [1.165, 1.54) is 23.3 Å². The van der Waals surface area contributed by atoms with Crippen molar-refractivity contribution in [3.63, 3.8) is 0 Å². The standard InChI is InChI=1S/C14H17NOS/c1-2-3-13(16)15-8-6-12-11(7-9-17-12)14(15)10-4-5-10/h2-3,7,9-10,14H,4-6,8H2,1H3. The van der Waals surface area contributed by atoms with E-state index in [2.05, 4.69) is 16.3 Å². The van der Waals surface area contributed by atoms with Crippen molar-refractivity contribution < 1.29 is 4.79 Å². The summed E-state index contributed by atoms with van der Waals surface area (Å²) in [5.74, 6) is 0.888. The summed E-state index contributed by atoms with van der Waals surface area (Å²) in [7, 11) is 0. The van der Waals surface area contributed by atoms with Gasteiger partial charge in [0.15, 0.2) is 0 Å². The normalized spacial score (nSPS) is 24.1. The molecule has 2 aliphatic rings. The predicted molar refractivity (Wildman–Crippen MR) is 70.0 cm³/mol. The summed E-state index contributed by atoms with van der Waals surface area (Å²) in [5.41, 5.74) is 1.42. The van der Waals surface area contributed by atoms with Crippen LogP contribution in [0.25, 0.3) is 0 Å². The molecule has 1 aromatic heterocycles. The molecule has 1 atom stereocenters. The number of hydrogen-bond acceptors (Lipinski definition) is 2. The maximum Gasteiger partial charge on any atom is 0.246 e. The maximum absolute atomic E-state index is 12.1. The number of nitrogens with zero attached hydrogens (tertiary/aromatic N) is 1. The molecular weight excluding hydrogens is 230 g/mol. The molecular formula is C14H17NOS. The molecule has 0 radical (unpaired) electrons. The number of carbonyl (C=O) groups is 1. The van der Waals surface area contributed by atoms with Crippen LogP contribution >= 0.6 is 11.3 Å². The van der Waals surface area contributed by atoms with Gasteiger partial charge in [0.05, 0.1) is 6.04 Å². The van der Waals surface area contributed by atoms with Gasteiger partial charge in [-0.05, 0) is 55.2 Å². The van der Waals surface area contributed by atoms with Crippen molar-refractivity contribution in [2.45, 2.75) is 32.2 Å². The Morgan fingerprint density at radius 2 is 2.35 bits per heavy atom. The van der Waals surface area contributed by atoms with E-state index >= 15 is 0 Å². The molecule has 3 heteroatoms. The summed E-state index contributed by atoms with van der Waals surface area (Å²) >= 11 is 1.85. The van der Waals surface area contributed by atoms with Gasteiger partial charge in [0.25, 0.3) is 0 Å². The second-order valence-electron chi connectivity index (χ2n) is 4.86. The summed E-state index contributed by atoms with van der Waals surface area (Å²) < 4.78 is 0. The maximum atomic E-state index is 12.1. The zero-order valence-electron chi connectivity index (χ0n) is 10.1. The van der Waals surface area contributed by atoms with E-state index in [4.69, 9.17) is 0 Å². The molecule has 0 aromatic carbocycles. The number of hydrogen-bond donors (Lipinski definition) is 0. The van der Waals surface area contributed by atoms with Crippen molar-refractivity contribution in [3.05, 3.63) is 34.0 Å². The van der Waals surface area contributed by atoms with E-state index in [-0.39, 0.29) is 5.91 Å². The lowest BCUT2D eigenvalue weighted by Gasteiger charge is -2.35. The fraction of sp³-hybridized carbons (Fsp3) is 0.500. The third-order valence-corrected chi connectivity index (χ3v) is 4.67. The molecule has 0 spiro atoms. The second-order valence-corrected chi connectivity index (χ2v) is 5.86. The van der Waals surface area contributed by atoms with Gasteiger partial charge in [-0.15, -0.1) is 11.3 Å². The van der Waals surface area contributed by atoms with Crippen molar-refractivity contribution >= 4 is 17.2 Å². The molecule has 1 fully saturated rings. The van der Waals surface area contributed by atoms with Gasteiger partial charge in [0, 0.05) is 11.4 Å². The molecule has 1 aromatic rings. The highest BCUT2D eigenvalue weighted by Gasteiger charge is 2.41. The molecule has 2 nitrogen and oxygen atoms in total. The first-order valence-corrected chi connectivity index (χ1v) is 7.19. The summed E-state index contributed by atoms with van der Waals surface area (Å²) in [6.45, 7) is 2.79. The third kappa shape index (κ3) is 1.93. The summed E-state index contributed by atoms with van der Waals surface area (Å²) in [6, 6.07) is 2.58. The minimum Gasteiger partial charge on any atom is -0.331 e. The Bertz CT molecular complexity index is 459. The molecule has 17 heavy (non-hydrogen) atoms. The highest BCUT2D eigenvalue weighted by atomic mass is 32.1. The smallest absolute Gasteiger partial charge is 0.246 e. The van der Waals surface area contributed by atoms with Gasteiger partial charge in [-0.1, -0.05) is 6.08 Å². The van der Waals surface area contributed by atoms with E-state index in [1.807, 2.05) is 24.3 Å². The van der Waals surface area contributed by atoms with Gasteiger partial charge in [-0.3, -0.25) is 4.79 Å². The van der Waals surface area contributed by atoms with E-state index in [0.717, 1.165) is 13.0 Å². The number of thiophene rings is 1. The fourth-order valence-electron chi connectivity index (χ4n) is 2.75. The number of amides is 1. The number of carbonyl (C=O) groups excluding carboxylic acids is 1. The molecule has 90 valence electrons. The fourth-order valence-corrected chi connectivity index (χ4v) is 3.67. The van der Waals surface area contributed by atoms with Gasteiger partial charge < -0.3 is 4.90 Å². The van der Waals surface area contributed by atoms with Crippen LogP contribution in [0.2, 0.25) is 0 Å². The largest absolute Gasteiger partial charge is 0.331 e. The van der Waals surface area contributed by atoms with Crippen molar-refractivity contribution in [3.8, 4) is 0 Å². The van der Waals surface area contributed by atoms with Crippen molar-refractivity contribution in [1.29, 1.82) is 0 Å². The summed E-state index contributed by atoms with van der Waals surface area (Å²) in [5, 5.41) is 2.17. The molecule has 0 saturated heterocycles. The average Bonchev–Trinajstić information content (AvgIpc) is 3.05. The molecule has 1 unspecified atom stereocenters. The second kappa shape index (κ2) is 4.30. The molecule has 1 aliphatic heterocycles. The molecule has 1 saturated carbocycles. The first kappa shape index (κ1) is 11.0. The Morgan fingerprint density at radius 3 is 3.06 bits per heavy atom. The van der Waals surface area contributed by atoms with Crippen LogP contribution in [0.4, 0.5) is 0 Å². The molecule has 0 N–H and O–H groups in total. The van der Waals surface area contributed by atoms with Gasteiger partial charge in [0.2, 0.25) is 5.91 Å². The van der Waals surface area contributed by atoms with E-state index in [1.54, 1.807) is 6.08 Å². The molecule has 2 heterocycles. The van der Waals surface area contributed by atoms with Crippen LogP contribution in [0.15, 0.2) is 23.6 Å². The van der Waals surface area contributed by atoms with E-state index < -0.39 is 0 Å². The lowest BCUT2D eigenvalue weighted by atomic mass is 9.96. The van der Waals surface area contributed by atoms with Crippen LogP contribution in [0.5, 0.6) is 0 Å². The number of allylic oxidation sites excluding steroid dienone is 1. The van der Waals surface area contributed by atoms with Crippen LogP contribution in [-0.4, -0.2) is 17.4 Å². The Kier molecular flexibility index (Phi) is 2.79. The molecule has 0 bridgehead atoms. The Morgan fingerprint density at radius 1 is 1.53 bits per heavy atom. The quantitative estimate of drug-likeness (QED) is 0.735. The Hall–Kier alpha value is -1.09.